The lowest BCUT2D eigenvalue weighted by Crippen LogP contribution is -1.95. The molecule has 1 heterocycles. The van der Waals surface area contributed by atoms with Gasteiger partial charge in [0.2, 0.25) is 0 Å². The minimum Gasteiger partial charge on any atom is -0.248 e. The standard InChI is InChI=1S/C19H19N3/c1-3-8-17(9-4-1)12-7-15-22-16-19(20-21-22)14-13-18-10-5-2-6-11-18/h1-12,16H,13-15H2/b12-7+. The average molecular weight is 289 g/mol. The van der Waals surface area contributed by atoms with E-state index in [-0.39, 0.29) is 0 Å². The van der Waals surface area contributed by atoms with Gasteiger partial charge in [-0.15, -0.1) is 5.10 Å². The summed E-state index contributed by atoms with van der Waals surface area (Å²) in [6.45, 7) is 0.743. The van der Waals surface area contributed by atoms with Gasteiger partial charge in [-0.2, -0.15) is 0 Å². The highest BCUT2D eigenvalue weighted by atomic mass is 15.4. The van der Waals surface area contributed by atoms with Crippen molar-refractivity contribution < 1.29 is 0 Å². The molecule has 0 aliphatic heterocycles. The van der Waals surface area contributed by atoms with Gasteiger partial charge in [-0.1, -0.05) is 78.0 Å². The Morgan fingerprint density at radius 3 is 2.36 bits per heavy atom. The van der Waals surface area contributed by atoms with Crippen LogP contribution in [0.4, 0.5) is 0 Å². The molecular weight excluding hydrogens is 270 g/mol. The largest absolute Gasteiger partial charge is 0.248 e. The number of allylic oxidation sites excluding steroid dienone is 1. The highest BCUT2D eigenvalue weighted by Gasteiger charge is 2.00. The SMILES string of the molecule is C(=C\c1ccccc1)/Cn1cc(CCc2ccccc2)nn1. The lowest BCUT2D eigenvalue weighted by molar-refractivity contribution is 0.662. The molecular formula is C19H19N3. The average Bonchev–Trinajstić information content (AvgIpc) is 3.03. The fourth-order valence-electron chi connectivity index (χ4n) is 2.32. The quantitative estimate of drug-likeness (QED) is 0.691. The van der Waals surface area contributed by atoms with Gasteiger partial charge in [-0.05, 0) is 24.0 Å². The third kappa shape index (κ3) is 4.16. The van der Waals surface area contributed by atoms with Crippen LogP contribution in [-0.4, -0.2) is 15.0 Å². The Morgan fingerprint density at radius 2 is 1.59 bits per heavy atom. The Labute approximate surface area is 130 Å². The van der Waals surface area contributed by atoms with Crippen molar-refractivity contribution >= 4 is 6.08 Å². The Morgan fingerprint density at radius 1 is 0.864 bits per heavy atom. The summed E-state index contributed by atoms with van der Waals surface area (Å²) in [7, 11) is 0. The van der Waals surface area contributed by atoms with Crippen LogP contribution in [0, 0.1) is 0 Å². The molecule has 0 bridgehead atoms. The van der Waals surface area contributed by atoms with Crippen LogP contribution in [0.15, 0.2) is 72.9 Å². The molecule has 0 radical (unpaired) electrons. The molecule has 0 saturated carbocycles. The van der Waals surface area contributed by atoms with Crippen LogP contribution in [0.3, 0.4) is 0 Å². The van der Waals surface area contributed by atoms with E-state index in [1.165, 1.54) is 11.1 Å². The maximum atomic E-state index is 4.24. The van der Waals surface area contributed by atoms with Gasteiger partial charge in [0.15, 0.2) is 0 Å². The molecule has 3 nitrogen and oxygen atoms in total. The Kier molecular flexibility index (Phi) is 4.77. The summed E-state index contributed by atoms with van der Waals surface area (Å²) in [6, 6.07) is 20.7. The number of hydrogen-bond donors (Lipinski definition) is 0. The van der Waals surface area contributed by atoms with Crippen molar-refractivity contribution in [1.29, 1.82) is 0 Å². The summed E-state index contributed by atoms with van der Waals surface area (Å²) in [6.07, 6.45) is 8.15. The van der Waals surface area contributed by atoms with E-state index in [1.807, 2.05) is 35.1 Å². The Bertz CT molecular complexity index is 715. The zero-order chi connectivity index (χ0) is 15.0. The second-order valence-corrected chi connectivity index (χ2v) is 5.23. The molecule has 0 saturated heterocycles. The predicted molar refractivity (Wildman–Crippen MR) is 89.3 cm³/mol. The highest BCUT2D eigenvalue weighted by Crippen LogP contribution is 2.05. The molecule has 0 fully saturated rings. The Balaban J connectivity index is 1.52. The number of nitrogens with zero attached hydrogens (tertiary/aromatic N) is 3. The van der Waals surface area contributed by atoms with E-state index < -0.39 is 0 Å². The van der Waals surface area contributed by atoms with Crippen LogP contribution < -0.4 is 0 Å². The number of aromatic nitrogens is 3. The zero-order valence-electron chi connectivity index (χ0n) is 12.5. The van der Waals surface area contributed by atoms with E-state index in [1.54, 1.807) is 0 Å². The van der Waals surface area contributed by atoms with Crippen molar-refractivity contribution in [2.24, 2.45) is 0 Å². The maximum absolute atomic E-state index is 4.24. The van der Waals surface area contributed by atoms with Crippen molar-refractivity contribution in [2.75, 3.05) is 0 Å². The number of rotatable bonds is 6. The second-order valence-electron chi connectivity index (χ2n) is 5.23. The molecule has 0 aliphatic rings. The summed E-state index contributed by atoms with van der Waals surface area (Å²) < 4.78 is 1.87. The summed E-state index contributed by atoms with van der Waals surface area (Å²) >= 11 is 0. The summed E-state index contributed by atoms with van der Waals surface area (Å²) in [4.78, 5) is 0. The first-order valence-corrected chi connectivity index (χ1v) is 7.55. The van der Waals surface area contributed by atoms with Crippen LogP contribution in [-0.2, 0) is 19.4 Å². The Hall–Kier alpha value is -2.68. The van der Waals surface area contributed by atoms with Gasteiger partial charge in [0.1, 0.15) is 0 Å². The molecule has 3 rings (SSSR count). The fourth-order valence-corrected chi connectivity index (χ4v) is 2.32. The number of benzene rings is 2. The minimum absolute atomic E-state index is 0.743. The van der Waals surface area contributed by atoms with Gasteiger partial charge < -0.3 is 0 Å². The molecule has 0 unspecified atom stereocenters. The van der Waals surface area contributed by atoms with E-state index in [0.29, 0.717) is 0 Å². The van der Waals surface area contributed by atoms with Crippen molar-refractivity contribution in [3.8, 4) is 0 Å². The topological polar surface area (TPSA) is 30.7 Å². The molecule has 110 valence electrons. The lowest BCUT2D eigenvalue weighted by atomic mass is 10.1. The fraction of sp³-hybridized carbons (Fsp3) is 0.158. The summed E-state index contributed by atoms with van der Waals surface area (Å²) in [5, 5.41) is 8.41. The van der Waals surface area contributed by atoms with Gasteiger partial charge in [-0.3, -0.25) is 0 Å². The third-order valence-electron chi connectivity index (χ3n) is 3.50. The molecule has 22 heavy (non-hydrogen) atoms. The molecule has 3 aromatic rings. The summed E-state index contributed by atoms with van der Waals surface area (Å²) in [5.74, 6) is 0. The van der Waals surface area contributed by atoms with Gasteiger partial charge in [0.05, 0.1) is 12.2 Å². The minimum atomic E-state index is 0.743. The van der Waals surface area contributed by atoms with Crippen LogP contribution in [0.2, 0.25) is 0 Å². The molecule has 0 amide bonds. The predicted octanol–water partition coefficient (Wildman–Crippen LogP) is 3.78. The van der Waals surface area contributed by atoms with Crippen LogP contribution >= 0.6 is 0 Å². The molecule has 0 N–H and O–H groups in total. The molecule has 2 aromatic carbocycles. The molecule has 0 spiro atoms. The van der Waals surface area contributed by atoms with Crippen molar-refractivity contribution in [3.05, 3.63) is 89.8 Å². The monoisotopic (exact) mass is 289 g/mol. The van der Waals surface area contributed by atoms with E-state index in [0.717, 1.165) is 25.1 Å². The van der Waals surface area contributed by atoms with Gasteiger partial charge in [0, 0.05) is 6.20 Å². The molecule has 0 atom stereocenters. The normalized spacial score (nSPS) is 11.1. The second kappa shape index (κ2) is 7.36. The first kappa shape index (κ1) is 14.3. The lowest BCUT2D eigenvalue weighted by Gasteiger charge is -1.97. The van der Waals surface area contributed by atoms with Crippen LogP contribution in [0.25, 0.3) is 6.08 Å². The van der Waals surface area contributed by atoms with E-state index in [9.17, 15) is 0 Å². The van der Waals surface area contributed by atoms with E-state index in [2.05, 4.69) is 58.9 Å². The zero-order valence-corrected chi connectivity index (χ0v) is 12.5. The van der Waals surface area contributed by atoms with Crippen LogP contribution in [0.5, 0.6) is 0 Å². The number of hydrogen-bond acceptors (Lipinski definition) is 2. The van der Waals surface area contributed by atoms with E-state index >= 15 is 0 Å². The molecule has 3 heteroatoms. The third-order valence-corrected chi connectivity index (χ3v) is 3.50. The first-order chi connectivity index (χ1) is 10.9. The van der Waals surface area contributed by atoms with Crippen LogP contribution in [0.1, 0.15) is 16.8 Å². The van der Waals surface area contributed by atoms with Crippen molar-refractivity contribution in [3.63, 3.8) is 0 Å². The smallest absolute Gasteiger partial charge is 0.0830 e. The maximum Gasteiger partial charge on any atom is 0.0830 e. The molecule has 1 aromatic heterocycles. The number of aryl methyl sites for hydroxylation is 2. The van der Waals surface area contributed by atoms with Gasteiger partial charge >= 0.3 is 0 Å². The highest BCUT2D eigenvalue weighted by molar-refractivity contribution is 5.48. The summed E-state index contributed by atoms with van der Waals surface area (Å²) in [5.41, 5.74) is 3.57. The van der Waals surface area contributed by atoms with E-state index in [4.69, 9.17) is 0 Å². The first-order valence-electron chi connectivity index (χ1n) is 7.55. The van der Waals surface area contributed by atoms with Gasteiger partial charge in [0.25, 0.3) is 0 Å². The molecule has 0 aliphatic carbocycles. The van der Waals surface area contributed by atoms with Crippen molar-refractivity contribution in [1.82, 2.24) is 15.0 Å². The van der Waals surface area contributed by atoms with Crippen molar-refractivity contribution in [2.45, 2.75) is 19.4 Å². The van der Waals surface area contributed by atoms with Gasteiger partial charge in [-0.25, -0.2) is 4.68 Å².